The average molecular weight is 242 g/mol. The van der Waals surface area contributed by atoms with Gasteiger partial charge in [0.25, 0.3) is 0 Å². The van der Waals surface area contributed by atoms with Crippen LogP contribution in [0, 0.1) is 16.7 Å². The maximum absolute atomic E-state index is 9.56. The Bertz CT molecular complexity index is 472. The molecule has 2 aliphatic rings. The monoisotopic (exact) mass is 242 g/mol. The molecule has 1 aromatic rings. The first kappa shape index (κ1) is 11.6. The minimum absolute atomic E-state index is 0.287. The van der Waals surface area contributed by atoms with Crippen LogP contribution in [-0.2, 0) is 10.2 Å². The van der Waals surface area contributed by atoms with E-state index in [1.807, 2.05) is 24.3 Å². The van der Waals surface area contributed by atoms with Crippen LogP contribution in [0.25, 0.3) is 0 Å². The summed E-state index contributed by atoms with van der Waals surface area (Å²) in [7, 11) is 0. The summed E-state index contributed by atoms with van der Waals surface area (Å²) < 4.78 is 5.42. The summed E-state index contributed by atoms with van der Waals surface area (Å²) in [5.41, 5.74) is 7.66. The topological polar surface area (TPSA) is 59.0 Å². The highest BCUT2D eigenvalue weighted by molar-refractivity contribution is 5.45. The number of hydrogen-bond acceptors (Lipinski definition) is 3. The zero-order valence-electron chi connectivity index (χ0n) is 10.5. The van der Waals surface area contributed by atoms with E-state index in [1.165, 1.54) is 0 Å². The third-order valence-corrected chi connectivity index (χ3v) is 4.58. The molecule has 1 saturated heterocycles. The largest absolute Gasteiger partial charge is 0.399 e. The molecule has 1 aliphatic heterocycles. The highest BCUT2D eigenvalue weighted by atomic mass is 16.5. The Balaban J connectivity index is 1.82. The van der Waals surface area contributed by atoms with Gasteiger partial charge < -0.3 is 10.5 Å². The van der Waals surface area contributed by atoms with Gasteiger partial charge in [-0.2, -0.15) is 5.26 Å². The van der Waals surface area contributed by atoms with Crippen molar-refractivity contribution in [3.63, 3.8) is 0 Å². The zero-order valence-corrected chi connectivity index (χ0v) is 10.5. The quantitative estimate of drug-likeness (QED) is 0.770. The van der Waals surface area contributed by atoms with Gasteiger partial charge >= 0.3 is 0 Å². The van der Waals surface area contributed by atoms with Gasteiger partial charge in [-0.15, -0.1) is 0 Å². The van der Waals surface area contributed by atoms with E-state index in [1.54, 1.807) is 0 Å². The van der Waals surface area contributed by atoms with Gasteiger partial charge in [0.2, 0.25) is 0 Å². The van der Waals surface area contributed by atoms with Gasteiger partial charge in [-0.1, -0.05) is 12.1 Å². The van der Waals surface area contributed by atoms with Crippen molar-refractivity contribution in [3.8, 4) is 6.07 Å². The van der Waals surface area contributed by atoms with Gasteiger partial charge in [0.15, 0.2) is 0 Å². The van der Waals surface area contributed by atoms with E-state index in [9.17, 15) is 5.26 Å². The molecule has 2 fully saturated rings. The van der Waals surface area contributed by atoms with E-state index < -0.39 is 0 Å². The molecular formula is C15H18N2O. The predicted molar refractivity (Wildman–Crippen MR) is 69.9 cm³/mol. The Morgan fingerprint density at radius 3 is 2.28 bits per heavy atom. The molecule has 0 radical (unpaired) electrons. The van der Waals surface area contributed by atoms with Gasteiger partial charge in [0, 0.05) is 18.9 Å². The maximum Gasteiger partial charge on any atom is 0.0833 e. The molecule has 0 aromatic heterocycles. The predicted octanol–water partition coefficient (Wildman–Crippen LogP) is 2.62. The second-order valence-electron chi connectivity index (χ2n) is 5.78. The molecule has 0 bridgehead atoms. The lowest BCUT2D eigenvalue weighted by Gasteiger charge is -2.55. The molecule has 0 amide bonds. The summed E-state index contributed by atoms with van der Waals surface area (Å²) in [5.74, 6) is 0. The molecule has 2 N–H and O–H groups in total. The molecule has 0 atom stereocenters. The smallest absolute Gasteiger partial charge is 0.0833 e. The van der Waals surface area contributed by atoms with Crippen LogP contribution in [0.4, 0.5) is 5.69 Å². The second kappa shape index (κ2) is 4.00. The molecule has 18 heavy (non-hydrogen) atoms. The lowest BCUT2D eigenvalue weighted by Crippen LogP contribution is -2.51. The Hall–Kier alpha value is -1.53. The summed E-state index contributed by atoms with van der Waals surface area (Å²) in [5, 5.41) is 9.56. The molecule has 1 aromatic carbocycles. The molecule has 1 saturated carbocycles. The van der Waals surface area contributed by atoms with Crippen LogP contribution in [0.1, 0.15) is 31.2 Å². The van der Waals surface area contributed by atoms with Crippen LogP contribution in [0.2, 0.25) is 0 Å². The highest BCUT2D eigenvalue weighted by Gasteiger charge is 2.55. The molecule has 94 valence electrons. The number of nitrogen functional groups attached to an aromatic ring is 1. The number of hydrogen-bond donors (Lipinski definition) is 1. The molecule has 1 heterocycles. The van der Waals surface area contributed by atoms with Gasteiger partial charge in [-0.05, 0) is 48.8 Å². The first-order chi connectivity index (χ1) is 8.68. The second-order valence-corrected chi connectivity index (χ2v) is 5.78. The normalized spacial score (nSPS) is 24.2. The number of nitriles is 1. The number of nitrogens with zero attached hydrogens (tertiary/aromatic N) is 1. The first-order valence-electron chi connectivity index (χ1n) is 6.53. The number of benzene rings is 1. The van der Waals surface area contributed by atoms with Crippen molar-refractivity contribution in [1.29, 1.82) is 5.26 Å². The van der Waals surface area contributed by atoms with Crippen LogP contribution in [0.5, 0.6) is 0 Å². The van der Waals surface area contributed by atoms with Crippen molar-refractivity contribution >= 4 is 5.69 Å². The maximum atomic E-state index is 9.56. The van der Waals surface area contributed by atoms with Crippen LogP contribution in [0.15, 0.2) is 24.3 Å². The summed E-state index contributed by atoms with van der Waals surface area (Å²) in [4.78, 5) is 0. The third kappa shape index (κ3) is 1.69. The first-order valence-corrected chi connectivity index (χ1v) is 6.53. The van der Waals surface area contributed by atoms with Crippen LogP contribution < -0.4 is 5.73 Å². The number of anilines is 1. The van der Waals surface area contributed by atoms with Crippen LogP contribution in [0.3, 0.4) is 0 Å². The van der Waals surface area contributed by atoms with E-state index in [2.05, 4.69) is 6.07 Å². The summed E-state index contributed by atoms with van der Waals surface area (Å²) in [6.07, 6.45) is 4.16. The van der Waals surface area contributed by atoms with E-state index in [-0.39, 0.29) is 5.41 Å². The fourth-order valence-corrected chi connectivity index (χ4v) is 3.54. The van der Waals surface area contributed by atoms with Crippen molar-refractivity contribution in [2.24, 2.45) is 5.41 Å². The zero-order chi connectivity index (χ0) is 12.6. The average Bonchev–Trinajstić information content (AvgIpc) is 2.37. The lowest BCUT2D eigenvalue weighted by molar-refractivity contribution is -0.0578. The fraction of sp³-hybridized carbons (Fsp3) is 0.533. The Morgan fingerprint density at radius 1 is 1.11 bits per heavy atom. The van der Waals surface area contributed by atoms with E-state index in [0.717, 1.165) is 50.1 Å². The van der Waals surface area contributed by atoms with Gasteiger partial charge in [0.1, 0.15) is 0 Å². The fourth-order valence-electron chi connectivity index (χ4n) is 3.54. The molecule has 0 unspecified atom stereocenters. The van der Waals surface area contributed by atoms with Crippen molar-refractivity contribution in [2.45, 2.75) is 31.1 Å². The van der Waals surface area contributed by atoms with E-state index in [0.29, 0.717) is 5.41 Å². The molecule has 3 nitrogen and oxygen atoms in total. The number of nitrogens with two attached hydrogens (primary N) is 1. The summed E-state index contributed by atoms with van der Waals surface area (Å²) in [6.45, 7) is 1.70. The minimum Gasteiger partial charge on any atom is -0.399 e. The number of rotatable bonds is 1. The van der Waals surface area contributed by atoms with Crippen molar-refractivity contribution in [3.05, 3.63) is 29.8 Å². The highest BCUT2D eigenvalue weighted by Crippen LogP contribution is 2.59. The van der Waals surface area contributed by atoms with Gasteiger partial charge in [-0.3, -0.25) is 0 Å². The number of ether oxygens (including phenoxy) is 1. The summed E-state index contributed by atoms with van der Waals surface area (Å²) in [6, 6.07) is 10.3. The van der Waals surface area contributed by atoms with E-state index in [4.69, 9.17) is 10.5 Å². The van der Waals surface area contributed by atoms with Crippen molar-refractivity contribution in [2.75, 3.05) is 18.9 Å². The Morgan fingerprint density at radius 2 is 1.72 bits per heavy atom. The standard InChI is InChI=1S/C15H18N2O/c16-11-15(12-1-3-13(17)4-2-12)9-14(10-15)5-7-18-8-6-14/h1-4H,5-10,17H2. The van der Waals surface area contributed by atoms with Crippen LogP contribution in [-0.4, -0.2) is 13.2 Å². The SMILES string of the molecule is N#CC1(c2ccc(N)cc2)CC2(CCOCC2)C1. The minimum atomic E-state index is -0.287. The lowest BCUT2D eigenvalue weighted by atomic mass is 9.48. The molecule has 3 rings (SSSR count). The van der Waals surface area contributed by atoms with Crippen molar-refractivity contribution < 1.29 is 4.74 Å². The van der Waals surface area contributed by atoms with Crippen molar-refractivity contribution in [1.82, 2.24) is 0 Å². The molecule has 1 spiro atoms. The molecule has 1 aliphatic carbocycles. The summed E-state index contributed by atoms with van der Waals surface area (Å²) >= 11 is 0. The van der Waals surface area contributed by atoms with Crippen LogP contribution >= 0.6 is 0 Å². The Kier molecular flexibility index (Phi) is 2.57. The van der Waals surface area contributed by atoms with E-state index >= 15 is 0 Å². The Labute approximate surface area is 108 Å². The molecular weight excluding hydrogens is 224 g/mol. The van der Waals surface area contributed by atoms with Gasteiger partial charge in [0.05, 0.1) is 11.5 Å². The van der Waals surface area contributed by atoms with Gasteiger partial charge in [-0.25, -0.2) is 0 Å². The third-order valence-electron chi connectivity index (χ3n) is 4.58. The molecule has 3 heteroatoms.